The highest BCUT2D eigenvalue weighted by molar-refractivity contribution is 7.99. The van der Waals surface area contributed by atoms with Crippen LogP contribution in [0.5, 0.6) is 0 Å². The van der Waals surface area contributed by atoms with Gasteiger partial charge in [-0.05, 0) is 26.0 Å². The SMILES string of the molecule is CNc1ccnc(CSCC(=O)NC(C)C)c1. The Labute approximate surface area is 107 Å². The van der Waals surface area contributed by atoms with Crippen molar-refractivity contribution in [2.24, 2.45) is 0 Å². The molecule has 0 radical (unpaired) electrons. The Morgan fingerprint density at radius 1 is 1.53 bits per heavy atom. The molecule has 94 valence electrons. The number of thioether (sulfide) groups is 1. The summed E-state index contributed by atoms with van der Waals surface area (Å²) in [6.45, 7) is 3.92. The molecule has 0 saturated heterocycles. The molecule has 0 aromatic carbocycles. The van der Waals surface area contributed by atoms with Crippen molar-refractivity contribution in [1.29, 1.82) is 0 Å². The average molecular weight is 253 g/mol. The maximum absolute atomic E-state index is 11.4. The molecule has 1 aromatic heterocycles. The highest BCUT2D eigenvalue weighted by atomic mass is 32.2. The topological polar surface area (TPSA) is 54.0 Å². The lowest BCUT2D eigenvalue weighted by molar-refractivity contribution is -0.119. The highest BCUT2D eigenvalue weighted by Crippen LogP contribution is 2.13. The second-order valence-electron chi connectivity index (χ2n) is 4.00. The Hall–Kier alpha value is -1.23. The number of hydrogen-bond donors (Lipinski definition) is 2. The number of anilines is 1. The van der Waals surface area contributed by atoms with E-state index in [2.05, 4.69) is 15.6 Å². The molecule has 1 rings (SSSR count). The van der Waals surface area contributed by atoms with Gasteiger partial charge in [0.2, 0.25) is 5.91 Å². The van der Waals surface area contributed by atoms with Gasteiger partial charge in [0, 0.05) is 30.7 Å². The van der Waals surface area contributed by atoms with E-state index in [4.69, 9.17) is 0 Å². The fourth-order valence-electron chi connectivity index (χ4n) is 1.32. The average Bonchev–Trinajstić information content (AvgIpc) is 2.28. The normalized spacial score (nSPS) is 10.4. The fourth-order valence-corrected chi connectivity index (χ4v) is 2.06. The number of pyridine rings is 1. The van der Waals surface area contributed by atoms with Gasteiger partial charge in [-0.15, -0.1) is 11.8 Å². The lowest BCUT2D eigenvalue weighted by Gasteiger charge is -2.08. The zero-order chi connectivity index (χ0) is 12.7. The van der Waals surface area contributed by atoms with Gasteiger partial charge in [0.05, 0.1) is 11.4 Å². The Morgan fingerprint density at radius 2 is 2.29 bits per heavy atom. The van der Waals surface area contributed by atoms with E-state index in [1.807, 2.05) is 33.0 Å². The molecule has 4 nitrogen and oxygen atoms in total. The largest absolute Gasteiger partial charge is 0.388 e. The van der Waals surface area contributed by atoms with Crippen LogP contribution in [0.25, 0.3) is 0 Å². The monoisotopic (exact) mass is 253 g/mol. The minimum atomic E-state index is 0.0785. The Balaban J connectivity index is 2.32. The molecule has 0 aliphatic rings. The minimum absolute atomic E-state index is 0.0785. The maximum Gasteiger partial charge on any atom is 0.230 e. The standard InChI is InChI=1S/C12H19N3OS/c1-9(2)15-12(16)8-17-7-11-6-10(13-3)4-5-14-11/h4-6,9H,7-8H2,1-3H3,(H,13,14)(H,15,16). The van der Waals surface area contributed by atoms with E-state index in [9.17, 15) is 4.79 Å². The molecule has 1 amide bonds. The highest BCUT2D eigenvalue weighted by Gasteiger charge is 2.04. The smallest absolute Gasteiger partial charge is 0.230 e. The van der Waals surface area contributed by atoms with Gasteiger partial charge in [0.1, 0.15) is 0 Å². The molecule has 0 unspecified atom stereocenters. The quantitative estimate of drug-likeness (QED) is 0.813. The van der Waals surface area contributed by atoms with Crippen LogP contribution >= 0.6 is 11.8 Å². The molecule has 5 heteroatoms. The second kappa shape index (κ2) is 7.17. The fraction of sp³-hybridized carbons (Fsp3) is 0.500. The summed E-state index contributed by atoms with van der Waals surface area (Å²) in [5, 5.41) is 5.92. The number of rotatable bonds is 6. The van der Waals surface area contributed by atoms with Crippen molar-refractivity contribution in [2.45, 2.75) is 25.6 Å². The third-order valence-electron chi connectivity index (χ3n) is 2.04. The lowest BCUT2D eigenvalue weighted by atomic mass is 10.3. The molecule has 1 heterocycles. The number of aromatic nitrogens is 1. The summed E-state index contributed by atoms with van der Waals surface area (Å²) in [7, 11) is 1.88. The molecule has 0 aliphatic heterocycles. The number of nitrogens with one attached hydrogen (secondary N) is 2. The molecule has 0 bridgehead atoms. The molecule has 0 spiro atoms. The predicted molar refractivity (Wildman–Crippen MR) is 73.2 cm³/mol. The number of amides is 1. The summed E-state index contributed by atoms with van der Waals surface area (Å²) >= 11 is 1.57. The van der Waals surface area contributed by atoms with Gasteiger partial charge < -0.3 is 10.6 Å². The van der Waals surface area contributed by atoms with E-state index in [0.29, 0.717) is 5.75 Å². The van der Waals surface area contributed by atoms with Crippen LogP contribution in [-0.2, 0) is 10.5 Å². The van der Waals surface area contributed by atoms with E-state index in [0.717, 1.165) is 17.1 Å². The van der Waals surface area contributed by atoms with Crippen LogP contribution in [0.2, 0.25) is 0 Å². The van der Waals surface area contributed by atoms with Gasteiger partial charge in [0.15, 0.2) is 0 Å². The van der Waals surface area contributed by atoms with Gasteiger partial charge in [-0.25, -0.2) is 0 Å². The summed E-state index contributed by atoms with van der Waals surface area (Å²) in [5.41, 5.74) is 2.03. The Morgan fingerprint density at radius 3 is 2.94 bits per heavy atom. The molecule has 0 aliphatic carbocycles. The lowest BCUT2D eigenvalue weighted by Crippen LogP contribution is -2.31. The van der Waals surface area contributed by atoms with Crippen molar-refractivity contribution in [2.75, 3.05) is 18.1 Å². The Kier molecular flexibility index (Phi) is 5.83. The molecular formula is C12H19N3OS. The van der Waals surface area contributed by atoms with Crippen LogP contribution in [-0.4, -0.2) is 29.7 Å². The summed E-state index contributed by atoms with van der Waals surface area (Å²) in [6, 6.07) is 4.11. The maximum atomic E-state index is 11.4. The third kappa shape index (κ3) is 5.58. The van der Waals surface area contributed by atoms with Crippen molar-refractivity contribution >= 4 is 23.4 Å². The van der Waals surface area contributed by atoms with E-state index in [-0.39, 0.29) is 11.9 Å². The summed E-state index contributed by atoms with van der Waals surface area (Å²) in [4.78, 5) is 15.7. The van der Waals surface area contributed by atoms with Crippen LogP contribution in [0.4, 0.5) is 5.69 Å². The number of carbonyl (C=O) groups is 1. The van der Waals surface area contributed by atoms with Crippen LogP contribution in [0.1, 0.15) is 19.5 Å². The van der Waals surface area contributed by atoms with Crippen molar-refractivity contribution < 1.29 is 4.79 Å². The van der Waals surface area contributed by atoms with Gasteiger partial charge in [-0.2, -0.15) is 0 Å². The van der Waals surface area contributed by atoms with Crippen LogP contribution in [0.3, 0.4) is 0 Å². The molecule has 0 saturated carbocycles. The Bertz CT molecular complexity index is 369. The summed E-state index contributed by atoms with van der Waals surface area (Å²) in [6.07, 6.45) is 1.77. The van der Waals surface area contributed by atoms with E-state index in [1.165, 1.54) is 0 Å². The van der Waals surface area contributed by atoms with E-state index < -0.39 is 0 Å². The van der Waals surface area contributed by atoms with Gasteiger partial charge in [0.25, 0.3) is 0 Å². The summed E-state index contributed by atoms with van der Waals surface area (Å²) in [5.74, 6) is 1.31. The number of carbonyl (C=O) groups excluding carboxylic acids is 1. The van der Waals surface area contributed by atoms with Gasteiger partial charge >= 0.3 is 0 Å². The predicted octanol–water partition coefficient (Wildman–Crippen LogP) is 1.88. The number of hydrogen-bond acceptors (Lipinski definition) is 4. The van der Waals surface area contributed by atoms with E-state index >= 15 is 0 Å². The van der Waals surface area contributed by atoms with Crippen LogP contribution in [0.15, 0.2) is 18.3 Å². The molecule has 2 N–H and O–H groups in total. The van der Waals surface area contributed by atoms with Crippen molar-refractivity contribution in [3.8, 4) is 0 Å². The van der Waals surface area contributed by atoms with Crippen molar-refractivity contribution in [3.05, 3.63) is 24.0 Å². The zero-order valence-electron chi connectivity index (χ0n) is 10.5. The first kappa shape index (κ1) is 13.8. The minimum Gasteiger partial charge on any atom is -0.388 e. The third-order valence-corrected chi connectivity index (χ3v) is 3.00. The van der Waals surface area contributed by atoms with Crippen molar-refractivity contribution in [3.63, 3.8) is 0 Å². The first-order valence-corrected chi connectivity index (χ1v) is 6.77. The van der Waals surface area contributed by atoms with Crippen LogP contribution in [0, 0.1) is 0 Å². The van der Waals surface area contributed by atoms with Crippen LogP contribution < -0.4 is 10.6 Å². The second-order valence-corrected chi connectivity index (χ2v) is 4.99. The molecule has 0 fully saturated rings. The van der Waals surface area contributed by atoms with Crippen molar-refractivity contribution in [1.82, 2.24) is 10.3 Å². The molecule has 1 aromatic rings. The first-order valence-electron chi connectivity index (χ1n) is 5.61. The number of nitrogens with zero attached hydrogens (tertiary/aromatic N) is 1. The molecule has 17 heavy (non-hydrogen) atoms. The zero-order valence-corrected chi connectivity index (χ0v) is 11.3. The first-order chi connectivity index (χ1) is 8.11. The molecule has 0 atom stereocenters. The summed E-state index contributed by atoms with van der Waals surface area (Å²) < 4.78 is 0. The van der Waals surface area contributed by atoms with Gasteiger partial charge in [-0.3, -0.25) is 9.78 Å². The van der Waals surface area contributed by atoms with Gasteiger partial charge in [-0.1, -0.05) is 0 Å². The molecular weight excluding hydrogens is 234 g/mol. The van der Waals surface area contributed by atoms with E-state index in [1.54, 1.807) is 18.0 Å².